The minimum absolute atomic E-state index is 0.131. The van der Waals surface area contributed by atoms with Crippen LogP contribution in [0, 0.1) is 0 Å². The van der Waals surface area contributed by atoms with Gasteiger partial charge in [-0.25, -0.2) is 9.89 Å². The van der Waals surface area contributed by atoms with E-state index in [0.717, 1.165) is 10.9 Å². The number of aromatic amines is 1. The molecule has 0 atom stereocenters. The summed E-state index contributed by atoms with van der Waals surface area (Å²) in [7, 11) is 0. The van der Waals surface area contributed by atoms with Crippen LogP contribution in [0.25, 0.3) is 22.2 Å². The number of hydrogen-bond acceptors (Lipinski definition) is 10. The summed E-state index contributed by atoms with van der Waals surface area (Å²) < 4.78 is 10.5. The summed E-state index contributed by atoms with van der Waals surface area (Å²) in [4.78, 5) is 40.6. The second-order valence-electron chi connectivity index (χ2n) is 8.98. The van der Waals surface area contributed by atoms with Crippen molar-refractivity contribution in [3.63, 3.8) is 0 Å². The lowest BCUT2D eigenvalue weighted by atomic mass is 10.2. The van der Waals surface area contributed by atoms with Crippen molar-refractivity contribution >= 4 is 44.9 Å². The van der Waals surface area contributed by atoms with Crippen molar-refractivity contribution in [2.24, 2.45) is 0 Å². The predicted octanol–water partition coefficient (Wildman–Crippen LogP) is 4.33. The molecule has 4 N–H and O–H groups in total. The Morgan fingerprint density at radius 3 is 2.68 bits per heavy atom. The van der Waals surface area contributed by atoms with Crippen molar-refractivity contribution < 1.29 is 18.8 Å². The van der Waals surface area contributed by atoms with Crippen LogP contribution in [-0.4, -0.2) is 45.4 Å². The van der Waals surface area contributed by atoms with Crippen molar-refractivity contribution in [2.45, 2.75) is 25.9 Å². The molecule has 0 unspecified atom stereocenters. The molecule has 2 aromatic carbocycles. The second kappa shape index (κ2) is 13.3. The van der Waals surface area contributed by atoms with Crippen LogP contribution in [0.5, 0.6) is 0 Å². The van der Waals surface area contributed by atoms with Crippen molar-refractivity contribution in [1.82, 2.24) is 25.7 Å². The Labute approximate surface area is 238 Å². The monoisotopic (exact) mass is 573 g/mol. The van der Waals surface area contributed by atoms with Crippen molar-refractivity contribution in [3.05, 3.63) is 87.9 Å². The molecule has 3 aromatic heterocycles. The summed E-state index contributed by atoms with van der Waals surface area (Å²) in [5.74, 6) is 1.18. The van der Waals surface area contributed by atoms with Gasteiger partial charge in [-0.1, -0.05) is 53.7 Å². The van der Waals surface area contributed by atoms with Crippen LogP contribution in [0.2, 0.25) is 0 Å². The molecule has 0 fully saturated rings. The van der Waals surface area contributed by atoms with Gasteiger partial charge in [-0.05, 0) is 24.1 Å². The van der Waals surface area contributed by atoms with E-state index in [4.69, 9.17) is 9.26 Å². The molecule has 0 saturated heterocycles. The van der Waals surface area contributed by atoms with E-state index >= 15 is 0 Å². The molecule has 41 heavy (non-hydrogen) atoms. The number of carbonyl (C=O) groups excluding carboxylic acids is 2. The van der Waals surface area contributed by atoms with E-state index in [2.05, 4.69) is 36.3 Å². The molecule has 5 rings (SSSR count). The number of H-pyrrole nitrogens is 1. The summed E-state index contributed by atoms with van der Waals surface area (Å²) in [5.41, 5.74) is 1.35. The number of benzene rings is 2. The molecule has 0 saturated carbocycles. The van der Waals surface area contributed by atoms with Gasteiger partial charge in [0, 0.05) is 42.3 Å². The lowest BCUT2D eigenvalue weighted by molar-refractivity contribution is -0.121. The molecule has 0 aliphatic rings. The van der Waals surface area contributed by atoms with E-state index in [9.17, 15) is 14.4 Å². The summed E-state index contributed by atoms with van der Waals surface area (Å²) in [5, 5.41) is 23.0. The quantitative estimate of drug-likeness (QED) is 0.159. The molecule has 12 nitrogen and oxygen atoms in total. The first kappa shape index (κ1) is 27.5. The number of ether oxygens (including phenoxy) is 1. The van der Waals surface area contributed by atoms with Crippen LogP contribution in [0.1, 0.15) is 24.3 Å². The van der Waals surface area contributed by atoms with Gasteiger partial charge >= 0.3 is 6.09 Å². The van der Waals surface area contributed by atoms with Gasteiger partial charge in [0.2, 0.25) is 17.6 Å². The van der Waals surface area contributed by atoms with Gasteiger partial charge in [0.15, 0.2) is 5.82 Å². The lowest BCUT2D eigenvalue weighted by Crippen LogP contribution is -2.26. The third-order valence-electron chi connectivity index (χ3n) is 5.99. The Morgan fingerprint density at radius 2 is 1.83 bits per heavy atom. The number of amides is 2. The maximum absolute atomic E-state index is 12.3. The molecule has 2 amide bonds. The molecular formula is C28H27N7O5S. The van der Waals surface area contributed by atoms with Crippen LogP contribution in [0.3, 0.4) is 0 Å². The first-order valence-electron chi connectivity index (χ1n) is 12.9. The topological polar surface area (TPSA) is 164 Å². The maximum Gasteiger partial charge on any atom is 0.412 e. The highest BCUT2D eigenvalue weighted by Crippen LogP contribution is 2.27. The first-order chi connectivity index (χ1) is 20.0. The minimum Gasteiger partial charge on any atom is -0.444 e. The second-order valence-corrected chi connectivity index (χ2v) is 9.89. The van der Waals surface area contributed by atoms with Gasteiger partial charge in [-0.3, -0.25) is 14.9 Å². The zero-order chi connectivity index (χ0) is 28.4. The zero-order valence-electron chi connectivity index (χ0n) is 21.9. The van der Waals surface area contributed by atoms with E-state index in [1.807, 2.05) is 42.5 Å². The largest absolute Gasteiger partial charge is 0.444 e. The molecule has 13 heteroatoms. The Balaban J connectivity index is 1.01. The van der Waals surface area contributed by atoms with Gasteiger partial charge in [0.25, 0.3) is 5.56 Å². The van der Waals surface area contributed by atoms with Gasteiger partial charge in [-0.2, -0.15) is 10.1 Å². The van der Waals surface area contributed by atoms with E-state index in [0.29, 0.717) is 59.4 Å². The molecule has 3 heterocycles. The first-order valence-corrected chi connectivity index (χ1v) is 13.8. The van der Waals surface area contributed by atoms with Gasteiger partial charge in [0.05, 0.1) is 10.4 Å². The number of rotatable bonds is 12. The van der Waals surface area contributed by atoms with Crippen LogP contribution in [-0.2, 0) is 22.6 Å². The normalized spacial score (nSPS) is 10.8. The number of nitrogens with zero attached hydrogens (tertiary/aromatic N) is 3. The summed E-state index contributed by atoms with van der Waals surface area (Å²) in [6.45, 7) is 1.22. The Bertz CT molecular complexity index is 1680. The highest BCUT2D eigenvalue weighted by atomic mass is 32.1. The minimum atomic E-state index is -0.556. The Hall–Kier alpha value is -5.04. The average Bonchev–Trinajstić information content (AvgIpc) is 3.66. The van der Waals surface area contributed by atoms with Crippen molar-refractivity contribution in [3.8, 4) is 11.4 Å². The fraction of sp³-hybridized carbons (Fsp3) is 0.214. The third kappa shape index (κ3) is 7.54. The predicted molar refractivity (Wildman–Crippen MR) is 155 cm³/mol. The van der Waals surface area contributed by atoms with Crippen molar-refractivity contribution in [2.75, 3.05) is 23.7 Å². The summed E-state index contributed by atoms with van der Waals surface area (Å²) in [6, 6.07) is 18.4. The number of fused-ring (bicyclic) bond motifs is 1. The molecule has 5 aromatic rings. The summed E-state index contributed by atoms with van der Waals surface area (Å²) >= 11 is 1.31. The molecular weight excluding hydrogens is 546 g/mol. The van der Waals surface area contributed by atoms with Crippen LogP contribution in [0.15, 0.2) is 75.4 Å². The van der Waals surface area contributed by atoms with Crippen LogP contribution in [0.4, 0.5) is 15.6 Å². The van der Waals surface area contributed by atoms with E-state index in [-0.39, 0.29) is 24.5 Å². The highest BCUT2D eigenvalue weighted by molar-refractivity contribution is 7.14. The Kier molecular flexibility index (Phi) is 8.96. The molecule has 0 bridgehead atoms. The standard InChI is InChI=1S/C28H27N7O5S/c36-22(29-13-6-14-30-26-20-9-4-5-10-21(20)27(37)34-33-26)11-12-23-31-25(35-40-23)19-15-24(41-17-19)32-28(38)39-16-18-7-2-1-3-8-18/h1-5,7-10,15,17H,6,11-14,16H2,(H,29,36)(H,30,33)(H,32,38)(H,34,37). The number of aromatic nitrogens is 4. The lowest BCUT2D eigenvalue weighted by Gasteiger charge is -2.08. The van der Waals surface area contributed by atoms with E-state index in [1.54, 1.807) is 23.6 Å². The SMILES string of the molecule is O=C(CCc1nc(-c2csc(NC(=O)OCc3ccccc3)c2)no1)NCCCNc1n[nH]c(=O)c2ccccc12. The van der Waals surface area contributed by atoms with Gasteiger partial charge in [-0.15, -0.1) is 11.3 Å². The molecule has 0 aliphatic heterocycles. The van der Waals surface area contributed by atoms with Crippen molar-refractivity contribution in [1.29, 1.82) is 0 Å². The smallest absolute Gasteiger partial charge is 0.412 e. The number of thiophene rings is 1. The molecule has 210 valence electrons. The zero-order valence-corrected chi connectivity index (χ0v) is 22.7. The number of aryl methyl sites for hydroxylation is 1. The average molecular weight is 574 g/mol. The fourth-order valence-corrected chi connectivity index (χ4v) is 4.70. The highest BCUT2D eigenvalue weighted by Gasteiger charge is 2.14. The molecule has 0 aliphatic carbocycles. The maximum atomic E-state index is 12.3. The van der Waals surface area contributed by atoms with Gasteiger partial charge in [0.1, 0.15) is 6.61 Å². The fourth-order valence-electron chi connectivity index (χ4n) is 3.93. The summed E-state index contributed by atoms with van der Waals surface area (Å²) in [6.07, 6.45) is 0.607. The van der Waals surface area contributed by atoms with Crippen LogP contribution >= 0.6 is 11.3 Å². The van der Waals surface area contributed by atoms with Crippen LogP contribution < -0.4 is 21.5 Å². The Morgan fingerprint density at radius 1 is 1.02 bits per heavy atom. The number of nitrogens with one attached hydrogen (secondary N) is 4. The number of anilines is 2. The molecule has 0 spiro atoms. The molecule has 0 radical (unpaired) electrons. The third-order valence-corrected chi connectivity index (χ3v) is 6.84. The van der Waals surface area contributed by atoms with Gasteiger partial charge < -0.3 is 19.9 Å². The number of hydrogen-bond donors (Lipinski definition) is 4. The van der Waals surface area contributed by atoms with E-state index < -0.39 is 6.09 Å². The number of carbonyl (C=O) groups is 2. The van der Waals surface area contributed by atoms with E-state index in [1.165, 1.54) is 11.3 Å².